The van der Waals surface area contributed by atoms with Crippen LogP contribution in [0.4, 0.5) is 0 Å². The van der Waals surface area contributed by atoms with Crippen LogP contribution in [-0.4, -0.2) is 34.9 Å². The first-order chi connectivity index (χ1) is 13.8. The molecule has 0 aliphatic rings. The molecule has 29 heavy (non-hydrogen) atoms. The molecule has 2 rings (SSSR count). The summed E-state index contributed by atoms with van der Waals surface area (Å²) in [5.41, 5.74) is 2.31. The molecule has 0 heterocycles. The third-order valence-electron chi connectivity index (χ3n) is 4.73. The number of carbonyl (C=O) groups excluding carboxylic acids is 2. The van der Waals surface area contributed by atoms with E-state index in [0.717, 1.165) is 11.1 Å². The van der Waals surface area contributed by atoms with Gasteiger partial charge in [-0.2, -0.15) is 0 Å². The Morgan fingerprint density at radius 2 is 1.59 bits per heavy atom. The lowest BCUT2D eigenvalue weighted by Crippen LogP contribution is -2.48. The topological polar surface area (TPSA) is 98.7 Å². The van der Waals surface area contributed by atoms with Crippen LogP contribution in [0.2, 0.25) is 0 Å². The number of aryl methyl sites for hydroxylation is 1. The van der Waals surface area contributed by atoms with Crippen LogP contribution >= 0.6 is 0 Å². The van der Waals surface area contributed by atoms with Crippen molar-refractivity contribution >= 4 is 18.9 Å². The van der Waals surface area contributed by atoms with E-state index in [1.54, 1.807) is 24.3 Å². The molecular weight excluding hydrogens is 367 g/mol. The molecule has 2 amide bonds. The molecule has 0 aliphatic carbocycles. The second-order valence-electron chi connectivity index (χ2n) is 7.67. The van der Waals surface area contributed by atoms with Crippen LogP contribution in [0.5, 0.6) is 0 Å². The second kappa shape index (κ2) is 10.8. The fourth-order valence-corrected chi connectivity index (χ4v) is 3.26. The normalized spacial score (nSPS) is 12.9. The van der Waals surface area contributed by atoms with Crippen molar-refractivity contribution in [3.63, 3.8) is 0 Å². The molecule has 0 bridgehead atoms. The summed E-state index contributed by atoms with van der Waals surface area (Å²) in [6.07, 6.45) is 0.430. The van der Waals surface area contributed by atoms with E-state index in [4.69, 9.17) is 0 Å². The maximum atomic E-state index is 12.7. The van der Waals surface area contributed by atoms with E-state index in [1.165, 1.54) is 0 Å². The minimum atomic E-state index is -1.64. The predicted molar refractivity (Wildman–Crippen MR) is 114 cm³/mol. The first-order valence-corrected chi connectivity index (χ1v) is 9.85. The van der Waals surface area contributed by atoms with Crippen LogP contribution in [-0.2, 0) is 4.79 Å². The Morgan fingerprint density at radius 3 is 2.17 bits per heavy atom. The zero-order valence-corrected chi connectivity index (χ0v) is 17.1. The number of carbonyl (C=O) groups is 2. The molecule has 0 radical (unpaired) electrons. The zero-order valence-electron chi connectivity index (χ0n) is 17.1. The van der Waals surface area contributed by atoms with Gasteiger partial charge in [0.05, 0.1) is 18.4 Å². The standard InChI is InChI=1S/C22H29BN2O4/c1-15(2)13-20(23(28)29)25-21(26)14-19(18-12-8-7-9-16(18)3)24-22(27)17-10-5-4-6-11-17/h4-12,15,19-20,28-29H,13-14H2,1-3H3,(H,24,27)(H,25,26)/t19?,20-/m0/s1. The minimum absolute atomic E-state index is 0.00918. The third kappa shape index (κ3) is 7.04. The minimum Gasteiger partial charge on any atom is -0.426 e. The van der Waals surface area contributed by atoms with Crippen molar-refractivity contribution in [3.05, 3.63) is 71.3 Å². The lowest BCUT2D eigenvalue weighted by molar-refractivity contribution is -0.122. The summed E-state index contributed by atoms with van der Waals surface area (Å²) < 4.78 is 0. The van der Waals surface area contributed by atoms with Gasteiger partial charge in [-0.3, -0.25) is 9.59 Å². The van der Waals surface area contributed by atoms with Gasteiger partial charge in [-0.05, 0) is 42.5 Å². The molecule has 1 unspecified atom stereocenters. The van der Waals surface area contributed by atoms with E-state index in [1.807, 2.05) is 51.1 Å². The molecule has 0 saturated carbocycles. The SMILES string of the molecule is Cc1ccccc1C(CC(=O)N[C@@H](CC(C)C)B(O)O)NC(=O)c1ccccc1. The van der Waals surface area contributed by atoms with E-state index in [0.29, 0.717) is 12.0 Å². The summed E-state index contributed by atoms with van der Waals surface area (Å²) >= 11 is 0. The summed E-state index contributed by atoms with van der Waals surface area (Å²) in [6.45, 7) is 5.81. The van der Waals surface area contributed by atoms with Crippen molar-refractivity contribution in [3.8, 4) is 0 Å². The number of amides is 2. The van der Waals surface area contributed by atoms with E-state index in [9.17, 15) is 19.6 Å². The van der Waals surface area contributed by atoms with E-state index < -0.39 is 19.1 Å². The second-order valence-corrected chi connectivity index (χ2v) is 7.67. The highest BCUT2D eigenvalue weighted by Gasteiger charge is 2.28. The Balaban J connectivity index is 2.18. The lowest BCUT2D eigenvalue weighted by Gasteiger charge is -2.24. The first-order valence-electron chi connectivity index (χ1n) is 9.85. The quantitative estimate of drug-likeness (QED) is 0.489. The van der Waals surface area contributed by atoms with Gasteiger partial charge in [0.2, 0.25) is 5.91 Å². The van der Waals surface area contributed by atoms with Crippen LogP contribution in [0, 0.1) is 12.8 Å². The number of hydrogen-bond acceptors (Lipinski definition) is 4. The summed E-state index contributed by atoms with van der Waals surface area (Å²) in [5, 5.41) is 24.8. The van der Waals surface area contributed by atoms with Crippen LogP contribution in [0.25, 0.3) is 0 Å². The molecule has 0 spiro atoms. The van der Waals surface area contributed by atoms with Gasteiger partial charge in [0.25, 0.3) is 5.91 Å². The summed E-state index contributed by atoms with van der Waals surface area (Å²) in [4.78, 5) is 25.3. The molecule has 0 aromatic heterocycles. The average Bonchev–Trinajstić information content (AvgIpc) is 2.67. The van der Waals surface area contributed by atoms with Gasteiger partial charge < -0.3 is 20.7 Å². The molecule has 6 nitrogen and oxygen atoms in total. The third-order valence-corrected chi connectivity index (χ3v) is 4.73. The zero-order chi connectivity index (χ0) is 21.4. The molecule has 2 atom stereocenters. The number of rotatable bonds is 9. The van der Waals surface area contributed by atoms with Gasteiger partial charge >= 0.3 is 7.12 Å². The van der Waals surface area contributed by atoms with Gasteiger partial charge in [0, 0.05) is 5.56 Å². The van der Waals surface area contributed by atoms with Crippen LogP contribution < -0.4 is 10.6 Å². The monoisotopic (exact) mass is 396 g/mol. The molecule has 2 aromatic rings. The Bertz CT molecular complexity index is 811. The molecular formula is C22H29BN2O4. The molecule has 2 aromatic carbocycles. The molecule has 7 heteroatoms. The van der Waals surface area contributed by atoms with Crippen LogP contribution in [0.15, 0.2) is 54.6 Å². The van der Waals surface area contributed by atoms with Crippen molar-refractivity contribution in [1.82, 2.24) is 10.6 Å². The number of hydrogen-bond donors (Lipinski definition) is 4. The van der Waals surface area contributed by atoms with Crippen molar-refractivity contribution in [2.75, 3.05) is 0 Å². The van der Waals surface area contributed by atoms with Gasteiger partial charge in [-0.25, -0.2) is 0 Å². The summed E-state index contributed by atoms with van der Waals surface area (Å²) in [7, 11) is -1.64. The summed E-state index contributed by atoms with van der Waals surface area (Å²) in [5.74, 6) is -1.20. The molecule has 0 fully saturated rings. The maximum absolute atomic E-state index is 12.7. The smallest absolute Gasteiger partial charge is 0.426 e. The van der Waals surface area contributed by atoms with E-state index >= 15 is 0 Å². The van der Waals surface area contributed by atoms with Gasteiger partial charge in [0.15, 0.2) is 0 Å². The van der Waals surface area contributed by atoms with E-state index in [-0.39, 0.29) is 24.2 Å². The average molecular weight is 396 g/mol. The largest absolute Gasteiger partial charge is 0.475 e. The van der Waals surface area contributed by atoms with Gasteiger partial charge in [-0.15, -0.1) is 0 Å². The Morgan fingerprint density at radius 1 is 0.966 bits per heavy atom. The summed E-state index contributed by atoms with van der Waals surface area (Å²) in [6, 6.07) is 15.8. The van der Waals surface area contributed by atoms with Gasteiger partial charge in [0.1, 0.15) is 0 Å². The van der Waals surface area contributed by atoms with Crippen molar-refractivity contribution in [2.24, 2.45) is 5.92 Å². The molecule has 4 N–H and O–H groups in total. The first kappa shape index (κ1) is 22.7. The molecule has 154 valence electrons. The Kier molecular flexibility index (Phi) is 8.42. The highest BCUT2D eigenvalue weighted by atomic mass is 16.4. The van der Waals surface area contributed by atoms with Crippen LogP contribution in [0.3, 0.4) is 0 Å². The van der Waals surface area contributed by atoms with E-state index in [2.05, 4.69) is 10.6 Å². The Hall–Kier alpha value is -2.64. The molecule has 0 saturated heterocycles. The van der Waals surface area contributed by atoms with Crippen molar-refractivity contribution in [1.29, 1.82) is 0 Å². The van der Waals surface area contributed by atoms with Gasteiger partial charge in [-0.1, -0.05) is 56.3 Å². The number of benzene rings is 2. The highest BCUT2D eigenvalue weighted by molar-refractivity contribution is 6.43. The maximum Gasteiger partial charge on any atom is 0.475 e. The predicted octanol–water partition coefficient (Wildman–Crippen LogP) is 2.40. The lowest BCUT2D eigenvalue weighted by atomic mass is 9.75. The number of nitrogens with one attached hydrogen (secondary N) is 2. The van der Waals surface area contributed by atoms with Crippen molar-refractivity contribution < 1.29 is 19.6 Å². The Labute approximate surface area is 172 Å². The fraction of sp³-hybridized carbons (Fsp3) is 0.364. The van der Waals surface area contributed by atoms with Crippen molar-refractivity contribution in [2.45, 2.75) is 45.6 Å². The highest BCUT2D eigenvalue weighted by Crippen LogP contribution is 2.22. The molecule has 0 aliphatic heterocycles. The fourth-order valence-electron chi connectivity index (χ4n) is 3.26. The van der Waals surface area contributed by atoms with Crippen LogP contribution in [0.1, 0.15) is 54.2 Å².